The first-order valence-electron chi connectivity index (χ1n) is 12.1. The molecule has 1 aliphatic heterocycles. The van der Waals surface area contributed by atoms with Gasteiger partial charge in [-0.05, 0) is 25.0 Å². The van der Waals surface area contributed by atoms with Crippen LogP contribution in [0.2, 0.25) is 0 Å². The highest BCUT2D eigenvalue weighted by molar-refractivity contribution is 5.86. The van der Waals surface area contributed by atoms with Gasteiger partial charge in [-0.2, -0.15) is 9.61 Å². The van der Waals surface area contributed by atoms with Gasteiger partial charge in [-0.25, -0.2) is 4.98 Å². The minimum absolute atomic E-state index is 0.157. The van der Waals surface area contributed by atoms with E-state index in [9.17, 15) is 9.90 Å². The second-order valence-corrected chi connectivity index (χ2v) is 9.13. The molecule has 0 radical (unpaired) electrons. The number of carbonyl (C=O) groups excluding carboxylic acids is 1. The molecule has 182 valence electrons. The zero-order valence-electron chi connectivity index (χ0n) is 19.6. The standard InChI is InChI=1S/C27H26N6O3/c34-16-23(35)27(36)32-12-9-18(10-13-32)24-20-8-11-28-25(20)33-26(31-24)21(15-30-33)19-6-7-22(29-14-19)17-4-2-1-3-5-17/h1-8,11,14-15,18,23,28,34-35H,9-10,12-13,16H2. The zero-order chi connectivity index (χ0) is 24.6. The summed E-state index contributed by atoms with van der Waals surface area (Å²) in [6, 6.07) is 16.1. The molecule has 3 N–H and O–H groups in total. The van der Waals surface area contributed by atoms with Crippen molar-refractivity contribution in [3.63, 3.8) is 0 Å². The summed E-state index contributed by atoms with van der Waals surface area (Å²) in [4.78, 5) is 27.0. The summed E-state index contributed by atoms with van der Waals surface area (Å²) in [6.07, 6.45) is 5.67. The third-order valence-electron chi connectivity index (χ3n) is 6.98. The molecular formula is C27H26N6O3. The van der Waals surface area contributed by atoms with E-state index in [1.54, 1.807) is 4.90 Å². The molecule has 9 heteroatoms. The molecule has 1 aliphatic rings. The van der Waals surface area contributed by atoms with Gasteiger partial charge in [0.1, 0.15) is 5.65 Å². The summed E-state index contributed by atoms with van der Waals surface area (Å²) in [6.45, 7) is 0.457. The van der Waals surface area contributed by atoms with Crippen LogP contribution < -0.4 is 0 Å². The van der Waals surface area contributed by atoms with Crippen LogP contribution in [0.1, 0.15) is 24.5 Å². The Hall–Kier alpha value is -4.08. The molecule has 0 aliphatic carbocycles. The summed E-state index contributed by atoms with van der Waals surface area (Å²) in [5, 5.41) is 24.5. The largest absolute Gasteiger partial charge is 0.393 e. The number of nitrogens with one attached hydrogen (secondary N) is 1. The molecule has 36 heavy (non-hydrogen) atoms. The van der Waals surface area contributed by atoms with Crippen molar-refractivity contribution in [3.8, 4) is 22.4 Å². The molecule has 1 fully saturated rings. The van der Waals surface area contributed by atoms with E-state index in [1.807, 2.05) is 71.6 Å². The molecule has 4 aromatic heterocycles. The number of aliphatic hydroxyl groups is 2. The highest BCUT2D eigenvalue weighted by atomic mass is 16.3. The second kappa shape index (κ2) is 9.18. The van der Waals surface area contributed by atoms with Gasteiger partial charge in [0.05, 0.1) is 24.2 Å². The minimum atomic E-state index is -1.36. The first-order chi connectivity index (χ1) is 17.6. The summed E-state index contributed by atoms with van der Waals surface area (Å²) in [5.74, 6) is -0.263. The normalized spacial score (nSPS) is 15.6. The fourth-order valence-corrected chi connectivity index (χ4v) is 5.04. The fraction of sp³-hybridized carbons (Fsp3) is 0.259. The molecule has 0 spiro atoms. The maximum absolute atomic E-state index is 12.3. The lowest BCUT2D eigenvalue weighted by Gasteiger charge is -2.33. The van der Waals surface area contributed by atoms with Crippen LogP contribution in [0.4, 0.5) is 0 Å². The molecule has 5 heterocycles. The zero-order valence-corrected chi connectivity index (χ0v) is 19.6. The van der Waals surface area contributed by atoms with Crippen molar-refractivity contribution >= 4 is 22.6 Å². The average molecular weight is 483 g/mol. The Morgan fingerprint density at radius 1 is 1.06 bits per heavy atom. The number of rotatable bonds is 5. The van der Waals surface area contributed by atoms with E-state index in [4.69, 9.17) is 10.1 Å². The number of aliphatic hydroxyl groups excluding tert-OH is 2. The number of nitrogens with zero attached hydrogens (tertiary/aromatic N) is 5. The van der Waals surface area contributed by atoms with Gasteiger partial charge in [0.15, 0.2) is 11.8 Å². The summed E-state index contributed by atoms with van der Waals surface area (Å²) in [7, 11) is 0. The minimum Gasteiger partial charge on any atom is -0.393 e. The first-order valence-corrected chi connectivity index (χ1v) is 12.1. The Kier molecular flexibility index (Phi) is 5.71. The van der Waals surface area contributed by atoms with E-state index >= 15 is 0 Å². The van der Waals surface area contributed by atoms with Gasteiger partial charge in [0.25, 0.3) is 5.91 Å². The predicted molar refractivity (Wildman–Crippen MR) is 135 cm³/mol. The summed E-state index contributed by atoms with van der Waals surface area (Å²) < 4.78 is 1.83. The van der Waals surface area contributed by atoms with Crippen molar-refractivity contribution in [2.45, 2.75) is 24.9 Å². The Balaban J connectivity index is 1.34. The van der Waals surface area contributed by atoms with Crippen LogP contribution in [0.25, 0.3) is 39.1 Å². The third kappa shape index (κ3) is 3.82. The Morgan fingerprint density at radius 3 is 2.58 bits per heavy atom. The quantitative estimate of drug-likeness (QED) is 0.354. The number of aromatic amines is 1. The topological polar surface area (TPSA) is 120 Å². The molecule has 5 aromatic rings. The second-order valence-electron chi connectivity index (χ2n) is 9.13. The molecule has 1 saturated heterocycles. The molecule has 1 aromatic carbocycles. The molecule has 1 unspecified atom stereocenters. The van der Waals surface area contributed by atoms with Crippen LogP contribution in [-0.4, -0.2) is 71.4 Å². The van der Waals surface area contributed by atoms with E-state index in [0.29, 0.717) is 13.1 Å². The number of piperidine rings is 1. The van der Waals surface area contributed by atoms with Crippen molar-refractivity contribution in [1.29, 1.82) is 0 Å². The number of H-pyrrole nitrogens is 1. The number of benzene rings is 1. The van der Waals surface area contributed by atoms with Gasteiger partial charge in [-0.3, -0.25) is 9.78 Å². The van der Waals surface area contributed by atoms with Crippen molar-refractivity contribution in [3.05, 3.63) is 72.8 Å². The van der Waals surface area contributed by atoms with E-state index in [2.05, 4.69) is 15.1 Å². The molecule has 0 bridgehead atoms. The SMILES string of the molecule is O=C(C(O)CO)N1CCC(c2nc3c(-c4ccc(-c5ccccc5)nc4)cnn3c3[nH]ccc23)CC1. The van der Waals surface area contributed by atoms with Gasteiger partial charge in [0, 0.05) is 53.5 Å². The highest BCUT2D eigenvalue weighted by Crippen LogP contribution is 2.34. The van der Waals surface area contributed by atoms with Gasteiger partial charge in [0.2, 0.25) is 0 Å². The maximum Gasteiger partial charge on any atom is 0.253 e. The number of hydrogen-bond acceptors (Lipinski definition) is 6. The van der Waals surface area contributed by atoms with Crippen LogP contribution in [0.3, 0.4) is 0 Å². The number of likely N-dealkylation sites (tertiary alicyclic amines) is 1. The number of carbonyl (C=O) groups is 1. The Morgan fingerprint density at radius 2 is 1.86 bits per heavy atom. The molecule has 9 nitrogen and oxygen atoms in total. The monoisotopic (exact) mass is 482 g/mol. The van der Waals surface area contributed by atoms with Crippen molar-refractivity contribution < 1.29 is 15.0 Å². The van der Waals surface area contributed by atoms with Crippen LogP contribution in [0.15, 0.2) is 67.1 Å². The van der Waals surface area contributed by atoms with Crippen molar-refractivity contribution in [1.82, 2.24) is 29.5 Å². The predicted octanol–water partition coefficient (Wildman–Crippen LogP) is 3.00. The lowest BCUT2D eigenvalue weighted by molar-refractivity contribution is -0.143. The average Bonchev–Trinajstić information content (AvgIpc) is 3.60. The summed E-state index contributed by atoms with van der Waals surface area (Å²) >= 11 is 0. The summed E-state index contributed by atoms with van der Waals surface area (Å²) in [5.41, 5.74) is 6.42. The van der Waals surface area contributed by atoms with Gasteiger partial charge in [-0.1, -0.05) is 36.4 Å². The highest BCUT2D eigenvalue weighted by Gasteiger charge is 2.29. The lowest BCUT2D eigenvalue weighted by Crippen LogP contribution is -2.44. The van der Waals surface area contributed by atoms with Gasteiger partial charge >= 0.3 is 0 Å². The molecule has 6 rings (SSSR count). The number of fused-ring (bicyclic) bond motifs is 3. The Labute approximate surface area is 207 Å². The van der Waals surface area contributed by atoms with Crippen LogP contribution in [0.5, 0.6) is 0 Å². The van der Waals surface area contributed by atoms with Gasteiger partial charge in [-0.15, -0.1) is 0 Å². The number of pyridine rings is 1. The smallest absolute Gasteiger partial charge is 0.253 e. The number of aromatic nitrogens is 5. The van der Waals surface area contributed by atoms with E-state index in [-0.39, 0.29) is 5.92 Å². The molecule has 1 amide bonds. The molecule has 0 saturated carbocycles. The van der Waals surface area contributed by atoms with E-state index in [0.717, 1.165) is 57.6 Å². The third-order valence-corrected chi connectivity index (χ3v) is 6.98. The van der Waals surface area contributed by atoms with Gasteiger partial charge < -0.3 is 20.1 Å². The molecule has 1 atom stereocenters. The number of amides is 1. The maximum atomic E-state index is 12.3. The lowest BCUT2D eigenvalue weighted by atomic mass is 9.91. The number of hydrogen-bond donors (Lipinski definition) is 3. The van der Waals surface area contributed by atoms with Crippen LogP contribution in [-0.2, 0) is 4.79 Å². The van der Waals surface area contributed by atoms with E-state index in [1.165, 1.54) is 0 Å². The van der Waals surface area contributed by atoms with Crippen LogP contribution >= 0.6 is 0 Å². The van der Waals surface area contributed by atoms with Crippen molar-refractivity contribution in [2.24, 2.45) is 0 Å². The van der Waals surface area contributed by atoms with Crippen molar-refractivity contribution in [2.75, 3.05) is 19.7 Å². The first kappa shape index (κ1) is 22.4. The van der Waals surface area contributed by atoms with Crippen LogP contribution in [0, 0.1) is 0 Å². The molecular weight excluding hydrogens is 456 g/mol. The Bertz CT molecular complexity index is 1520. The van der Waals surface area contributed by atoms with E-state index < -0.39 is 18.6 Å². The fourth-order valence-electron chi connectivity index (χ4n) is 5.04.